The van der Waals surface area contributed by atoms with Gasteiger partial charge in [0, 0.05) is 159 Å². The van der Waals surface area contributed by atoms with Crippen LogP contribution in [-0.2, 0) is 72.8 Å². The Morgan fingerprint density at radius 2 is 0.662 bits per heavy atom. The van der Waals surface area contributed by atoms with E-state index >= 15 is 0 Å². The van der Waals surface area contributed by atoms with Gasteiger partial charge >= 0.3 is 55.3 Å². The molecule has 0 unspecified atom stereocenters. The van der Waals surface area contributed by atoms with E-state index in [2.05, 4.69) is 52.5 Å². The summed E-state index contributed by atoms with van der Waals surface area (Å²) in [6.45, 7) is 29.5. The predicted octanol–water partition coefficient (Wildman–Crippen LogP) is 15.5. The van der Waals surface area contributed by atoms with Crippen LogP contribution in [0.1, 0.15) is 217 Å². The van der Waals surface area contributed by atoms with E-state index in [1.807, 2.05) is 269 Å². The maximum absolute atomic E-state index is 13.2. The van der Waals surface area contributed by atoms with E-state index in [9.17, 15) is 54.0 Å². The maximum atomic E-state index is 13.2. The van der Waals surface area contributed by atoms with Crippen molar-refractivity contribution in [3.05, 3.63) is 320 Å². The molecule has 13 aromatic rings. The van der Waals surface area contributed by atoms with Gasteiger partial charge < -0.3 is 40.5 Å². The minimum absolute atomic E-state index is 0. The fraction of sp³-hybridized carbons (Fsp3) is 0.365. The number of nitrogens with two attached hydrogens (primary N) is 1. The minimum atomic E-state index is -1.25. The Labute approximate surface area is 894 Å². The number of fused-ring (bicyclic) bond motifs is 20. The zero-order chi connectivity index (χ0) is 102. The van der Waals surface area contributed by atoms with Crippen LogP contribution < -0.4 is 21.1 Å². The van der Waals surface area contributed by atoms with Crippen molar-refractivity contribution in [3.63, 3.8) is 0 Å². The maximum Gasteiger partial charge on any atom is 3.00 e. The SMILES string of the molecule is C.C.CC(C)C(=O)c1cc2nc(c1)-c1cc(C(=O)CCCN)cc(n1)CN(C)Cc1cccc(n1)-c1cccc(n1)C[C@@H](C)C2.CC(C)C(=O)c1cc2nc(c1)-c1cc(C(=O)O)cc(n1)CN(C)Cc1cccc(n1)-c1cccc(n1)C[C@@H](C)C2.CCN(CCN(CCN(CC(=O)[O-])Cc1ccc(C(C)C)cc1)CC(=O)[O-])CC(=O)[O-].Cc1cccc(-c2cccc(C)n2)n1.Cc1cccc(-c2cccc(C)n2)n1.[Eu+3]. The molecule has 0 saturated carbocycles. The van der Waals surface area contributed by atoms with E-state index in [-0.39, 0.29) is 137 Å². The first-order chi connectivity index (χ1) is 67.9. The molecule has 0 saturated heterocycles. The Morgan fingerprint density at radius 3 is 1.01 bits per heavy atom. The number of carbonyl (C=O) groups excluding carboxylic acids is 6. The Bertz CT molecular complexity index is 6350. The molecule has 145 heavy (non-hydrogen) atoms. The second-order valence-corrected chi connectivity index (χ2v) is 37.5. The molecule has 2 atom stereocenters. The summed E-state index contributed by atoms with van der Waals surface area (Å²) >= 11 is 0. The molecule has 30 heteroatoms. The van der Waals surface area contributed by atoms with Gasteiger partial charge in [0.1, 0.15) is 0 Å². The Morgan fingerprint density at radius 1 is 0.372 bits per heavy atom. The molecule has 0 amide bonds. The molecule has 3 N–H and O–H groups in total. The summed E-state index contributed by atoms with van der Waals surface area (Å²) in [5.41, 5.74) is 29.7. The normalized spacial score (nSPS) is 13.4. The summed E-state index contributed by atoms with van der Waals surface area (Å²) in [5, 5.41) is 43.0. The van der Waals surface area contributed by atoms with E-state index in [0.29, 0.717) is 142 Å². The second-order valence-electron chi connectivity index (χ2n) is 37.5. The number of carboxylic acid groups (broad SMARTS) is 4. The molecule has 29 nitrogen and oxygen atoms in total. The molecule has 15 rings (SSSR count). The van der Waals surface area contributed by atoms with Crippen LogP contribution in [0, 0.1) is 101 Å². The number of pyridine rings is 12. The molecule has 2 aliphatic heterocycles. The molecule has 2 aliphatic rings. The molecule has 1 aromatic carbocycles. The van der Waals surface area contributed by atoms with Gasteiger partial charge in [-0.15, -0.1) is 0 Å². The van der Waals surface area contributed by atoms with Gasteiger partial charge in [-0.25, -0.2) is 24.7 Å². The molecular formula is C115H137EuN18O11. The molecule has 0 radical (unpaired) electrons. The average Bonchev–Trinajstić information content (AvgIpc) is 0.801. The summed E-state index contributed by atoms with van der Waals surface area (Å²) in [7, 11) is 3.95. The molecule has 0 aliphatic carbocycles. The van der Waals surface area contributed by atoms with Crippen molar-refractivity contribution >= 4 is 41.2 Å². The second kappa shape index (κ2) is 57.8. The predicted molar refractivity (Wildman–Crippen MR) is 558 cm³/mol. The van der Waals surface area contributed by atoms with Crippen LogP contribution in [0.4, 0.5) is 0 Å². The van der Waals surface area contributed by atoms with E-state index in [1.165, 1.54) is 11.6 Å². The minimum Gasteiger partial charge on any atom is -0.549 e. The number of nitrogens with zero attached hydrogens (tertiary/aromatic N) is 17. The first-order valence-corrected chi connectivity index (χ1v) is 48.4. The van der Waals surface area contributed by atoms with Crippen molar-refractivity contribution in [2.75, 3.05) is 73.0 Å². The molecule has 760 valence electrons. The standard InChI is InChI=1S/C35H40N6O2.C32H33N5O3.C22H35N3O6.2C12H12N2.2CH4.Eu/c1-22(2)35(43)25-17-28-15-23(3)14-26-8-5-10-30(37-26)31-11-6-9-27(38-31)20-41(4)21-29-16-24(34(42)12-7-13-36)18-32(40-29)33(19-25)39-28;1-19(2)31(38)21-13-25-12-20(3)11-23-7-5-9-27(33-23)28-10-6-8-24(34-28)17-37(4)18-26-14-22(32(39)40)16-30(36-26)29(15-21)35-25;1-4-23(14-20(26)27)9-10-24(15-21(28)29)11-12-25(16-22(30)31)13-18-5-7-19(8-6-18)17(2)3;2*1-9-5-3-7-11(13-9)12-8-4-6-10(2)14-12;;;/h5-6,8-11,16-19,22-23H,7,12-15,20-21,36H2,1-4H3;5-10,13-16,19-20H,11-12,17-18H2,1-4H3,(H,39,40);5-8,17H,4,9-16H2,1-3H3,(H,26,27)(H,28,29)(H,30,31);2*3-8H,1-2H3;2*1H4;/q;;;;;;;+3/p-3/t23-;20-;;;;;;/m11....../s1. The van der Waals surface area contributed by atoms with Gasteiger partial charge in [-0.05, 0) is 261 Å². The Kier molecular flexibility index (Phi) is 46.9. The van der Waals surface area contributed by atoms with Crippen LogP contribution in [-0.4, -0.2) is 204 Å². The fourth-order valence-corrected chi connectivity index (χ4v) is 16.5. The topological polar surface area (TPSA) is 406 Å². The van der Waals surface area contributed by atoms with Crippen LogP contribution >= 0.6 is 0 Å². The fourth-order valence-electron chi connectivity index (χ4n) is 16.5. The van der Waals surface area contributed by atoms with Crippen molar-refractivity contribution in [1.29, 1.82) is 0 Å². The number of aromatic nitrogens is 12. The number of Topliss-reactive ketones (excluding diaryl/α,β-unsaturated/α-hetero) is 3. The number of carboxylic acids is 4. The van der Waals surface area contributed by atoms with Crippen molar-refractivity contribution < 1.29 is 103 Å². The van der Waals surface area contributed by atoms with E-state index in [4.69, 9.17) is 45.6 Å². The van der Waals surface area contributed by atoms with Crippen LogP contribution in [0.2, 0.25) is 0 Å². The molecular weight excluding hydrogens is 1960 g/mol. The van der Waals surface area contributed by atoms with Gasteiger partial charge in [-0.3, -0.25) is 78.8 Å². The summed E-state index contributed by atoms with van der Waals surface area (Å²) in [4.78, 5) is 151. The first kappa shape index (κ1) is 117. The summed E-state index contributed by atoms with van der Waals surface area (Å²) in [6, 6.07) is 69.9. The summed E-state index contributed by atoms with van der Waals surface area (Å²) in [6.07, 6.45) is 3.75. The Hall–Kier alpha value is -12.7. The molecule has 0 spiro atoms. The number of benzene rings is 1. The monoisotopic (exact) mass is 2100 g/mol. The number of hydrogen-bond donors (Lipinski definition) is 2. The van der Waals surface area contributed by atoms with Crippen molar-refractivity contribution in [3.8, 4) is 68.3 Å². The molecule has 14 heterocycles. The number of rotatable bonds is 27. The van der Waals surface area contributed by atoms with E-state index < -0.39 is 23.9 Å². The number of aliphatic carboxylic acids is 3. The van der Waals surface area contributed by atoms with Gasteiger partial charge in [0.05, 0.1) is 115 Å². The number of aryl methyl sites for hydroxylation is 4. The number of ketones is 3. The largest absolute Gasteiger partial charge is 3.00 e. The Balaban J connectivity index is 0.000000233. The van der Waals surface area contributed by atoms with Gasteiger partial charge in [0.2, 0.25) is 0 Å². The summed E-state index contributed by atoms with van der Waals surface area (Å²) < 4.78 is 0. The van der Waals surface area contributed by atoms with Gasteiger partial charge in [-0.2, -0.15) is 0 Å². The zero-order valence-corrected chi connectivity index (χ0v) is 86.8. The third-order valence-electron chi connectivity index (χ3n) is 23.6. The number of aromatic carboxylic acids is 1. The van der Waals surface area contributed by atoms with Crippen LogP contribution in [0.15, 0.2) is 218 Å². The molecule has 0 fully saturated rings. The zero-order valence-electron chi connectivity index (χ0n) is 84.4. The third kappa shape index (κ3) is 37.7. The van der Waals surface area contributed by atoms with Crippen LogP contribution in [0.25, 0.3) is 68.3 Å². The average molecular weight is 2100 g/mol. The summed E-state index contributed by atoms with van der Waals surface area (Å²) in [5.74, 6) is -4.17. The van der Waals surface area contributed by atoms with Gasteiger partial charge in [0.15, 0.2) is 17.3 Å². The number of likely N-dealkylation sites (N-methyl/N-ethyl adjacent to an activating group) is 1. The van der Waals surface area contributed by atoms with Gasteiger partial charge in [0.25, 0.3) is 0 Å². The number of hydrogen-bond acceptors (Lipinski definition) is 28. The van der Waals surface area contributed by atoms with Crippen molar-refractivity contribution in [2.45, 2.75) is 182 Å². The van der Waals surface area contributed by atoms with Crippen molar-refractivity contribution in [2.24, 2.45) is 29.4 Å². The first-order valence-electron chi connectivity index (χ1n) is 48.4. The van der Waals surface area contributed by atoms with Crippen molar-refractivity contribution in [1.82, 2.24) is 84.3 Å². The third-order valence-corrected chi connectivity index (χ3v) is 23.6. The number of carbonyl (C=O) groups is 7. The van der Waals surface area contributed by atoms with E-state index in [1.54, 1.807) is 39.8 Å². The molecule has 16 bridgehead atoms. The van der Waals surface area contributed by atoms with Crippen LogP contribution in [0.5, 0.6) is 0 Å². The van der Waals surface area contributed by atoms with Crippen LogP contribution in [0.3, 0.4) is 0 Å². The van der Waals surface area contributed by atoms with Gasteiger partial charge in [-0.1, -0.05) is 150 Å². The van der Waals surface area contributed by atoms with E-state index in [0.717, 1.165) is 127 Å². The smallest absolute Gasteiger partial charge is 0.549 e. The quantitative estimate of drug-likeness (QED) is 0.0451. The molecule has 12 aromatic heterocycles.